The van der Waals surface area contributed by atoms with E-state index in [9.17, 15) is 21.6 Å². The highest BCUT2D eigenvalue weighted by Gasteiger charge is 2.36. The second-order valence-electron chi connectivity index (χ2n) is 7.43. The normalized spacial score (nSPS) is 18.2. The fourth-order valence-corrected chi connectivity index (χ4v) is 6.89. The number of sulfone groups is 1. The van der Waals surface area contributed by atoms with E-state index in [0.29, 0.717) is 11.1 Å². The summed E-state index contributed by atoms with van der Waals surface area (Å²) in [4.78, 5) is 12.5. The quantitative estimate of drug-likeness (QED) is 0.725. The number of rotatable bonds is 4. The summed E-state index contributed by atoms with van der Waals surface area (Å²) in [7, 11) is -7.67. The van der Waals surface area contributed by atoms with Gasteiger partial charge in [0.1, 0.15) is 0 Å². The molecule has 0 bridgehead atoms. The Morgan fingerprint density at radius 1 is 0.867 bits per heavy atom. The molecule has 1 aliphatic carbocycles. The lowest BCUT2D eigenvalue weighted by atomic mass is 10.1. The minimum Gasteiger partial charge on any atom is -0.294 e. The zero-order chi connectivity index (χ0) is 21.5. The van der Waals surface area contributed by atoms with Crippen molar-refractivity contribution in [2.75, 3.05) is 13.1 Å². The molecule has 2 aromatic rings. The summed E-state index contributed by atoms with van der Waals surface area (Å²) in [6, 6.07) is 14.5. The highest BCUT2D eigenvalue weighted by molar-refractivity contribution is 7.95. The van der Waals surface area contributed by atoms with Gasteiger partial charge in [0, 0.05) is 19.5 Å². The number of nitrogens with zero attached hydrogens (tertiary/aromatic N) is 1. The van der Waals surface area contributed by atoms with Crippen molar-refractivity contribution < 1.29 is 21.6 Å². The van der Waals surface area contributed by atoms with E-state index >= 15 is 0 Å². The van der Waals surface area contributed by atoms with Crippen LogP contribution in [0.4, 0.5) is 0 Å². The van der Waals surface area contributed by atoms with E-state index in [1.807, 2.05) is 6.92 Å². The lowest BCUT2D eigenvalue weighted by Gasteiger charge is -2.21. The number of aryl methyl sites for hydroxylation is 1. The van der Waals surface area contributed by atoms with Crippen molar-refractivity contribution in [1.82, 2.24) is 4.31 Å². The van der Waals surface area contributed by atoms with Gasteiger partial charge in [0.05, 0.1) is 14.7 Å². The van der Waals surface area contributed by atoms with Crippen molar-refractivity contribution in [2.45, 2.75) is 29.6 Å². The van der Waals surface area contributed by atoms with Gasteiger partial charge in [0.25, 0.3) is 0 Å². The Hall–Kier alpha value is -2.55. The van der Waals surface area contributed by atoms with Gasteiger partial charge in [-0.15, -0.1) is 0 Å². The van der Waals surface area contributed by atoms with E-state index < -0.39 is 19.9 Å². The summed E-state index contributed by atoms with van der Waals surface area (Å²) in [5.41, 5.74) is 1.84. The van der Waals surface area contributed by atoms with Crippen molar-refractivity contribution in [2.24, 2.45) is 0 Å². The van der Waals surface area contributed by atoms with Crippen LogP contribution in [0.1, 0.15) is 18.4 Å². The van der Waals surface area contributed by atoms with Gasteiger partial charge in [-0.2, -0.15) is 4.31 Å². The Morgan fingerprint density at radius 2 is 1.53 bits per heavy atom. The van der Waals surface area contributed by atoms with Gasteiger partial charge < -0.3 is 0 Å². The molecular formula is C22H21NO5S2. The van der Waals surface area contributed by atoms with Crippen LogP contribution in [0.25, 0.3) is 0 Å². The molecule has 1 heterocycles. The SMILES string of the molecule is Cc1ccc(S(=O)(=O)N2CCC(S(=O)(=O)c3ccccc3)=C3CC(=O)C=C3C2)cc1. The van der Waals surface area contributed by atoms with E-state index in [2.05, 4.69) is 0 Å². The fourth-order valence-electron chi connectivity index (χ4n) is 3.79. The first-order chi connectivity index (χ1) is 14.2. The number of ketones is 1. The van der Waals surface area contributed by atoms with E-state index in [0.717, 1.165) is 5.56 Å². The van der Waals surface area contributed by atoms with Crippen molar-refractivity contribution >= 4 is 25.6 Å². The smallest absolute Gasteiger partial charge is 0.243 e. The minimum absolute atomic E-state index is 0.0161. The topological polar surface area (TPSA) is 88.6 Å². The second kappa shape index (κ2) is 7.61. The molecule has 1 aliphatic heterocycles. The first-order valence-corrected chi connectivity index (χ1v) is 12.4. The Kier molecular flexibility index (Phi) is 5.25. The minimum atomic E-state index is -3.84. The third-order valence-corrected chi connectivity index (χ3v) is 9.23. The third kappa shape index (κ3) is 3.66. The van der Waals surface area contributed by atoms with Gasteiger partial charge in [-0.25, -0.2) is 16.8 Å². The van der Waals surface area contributed by atoms with Crippen molar-refractivity contribution in [3.63, 3.8) is 0 Å². The molecule has 0 radical (unpaired) electrons. The molecule has 0 fully saturated rings. The van der Waals surface area contributed by atoms with Crippen LogP contribution in [-0.4, -0.2) is 40.0 Å². The fraction of sp³-hybridized carbons (Fsp3) is 0.227. The predicted octanol–water partition coefficient (Wildman–Crippen LogP) is 3.02. The first-order valence-electron chi connectivity index (χ1n) is 9.52. The molecule has 30 heavy (non-hydrogen) atoms. The molecule has 4 rings (SSSR count). The molecule has 2 aromatic carbocycles. The number of hydrogen-bond donors (Lipinski definition) is 0. The lowest BCUT2D eigenvalue weighted by Crippen LogP contribution is -2.33. The van der Waals surface area contributed by atoms with Crippen LogP contribution in [-0.2, 0) is 24.7 Å². The molecular weight excluding hydrogens is 422 g/mol. The average molecular weight is 444 g/mol. The monoisotopic (exact) mass is 443 g/mol. The maximum Gasteiger partial charge on any atom is 0.243 e. The Labute approximate surface area is 176 Å². The zero-order valence-corrected chi connectivity index (χ0v) is 18.0. The molecule has 0 unspecified atom stereocenters. The maximum atomic E-state index is 13.3. The molecule has 6 nitrogen and oxygen atoms in total. The number of fused-ring (bicyclic) bond motifs is 1. The number of hydrogen-bond acceptors (Lipinski definition) is 5. The van der Waals surface area contributed by atoms with Crippen molar-refractivity contribution in [1.29, 1.82) is 0 Å². The summed E-state index contributed by atoms with van der Waals surface area (Å²) in [6.07, 6.45) is 1.37. The van der Waals surface area contributed by atoms with Crippen LogP contribution >= 0.6 is 0 Å². The van der Waals surface area contributed by atoms with E-state index in [1.165, 1.54) is 22.5 Å². The molecule has 2 aliphatic rings. The molecule has 156 valence electrons. The summed E-state index contributed by atoms with van der Waals surface area (Å²) >= 11 is 0. The van der Waals surface area contributed by atoms with Gasteiger partial charge in [-0.1, -0.05) is 35.9 Å². The number of sulfonamides is 1. The largest absolute Gasteiger partial charge is 0.294 e. The van der Waals surface area contributed by atoms with Gasteiger partial charge in [-0.3, -0.25) is 4.79 Å². The van der Waals surface area contributed by atoms with E-state index in [1.54, 1.807) is 42.5 Å². The molecule has 0 spiro atoms. The number of benzene rings is 2. The van der Waals surface area contributed by atoms with E-state index in [-0.39, 0.29) is 46.4 Å². The summed E-state index contributed by atoms with van der Waals surface area (Å²) in [5.74, 6) is -0.213. The number of allylic oxidation sites excluding steroid dienone is 1. The average Bonchev–Trinajstić information content (AvgIpc) is 2.97. The zero-order valence-electron chi connectivity index (χ0n) is 16.4. The predicted molar refractivity (Wildman–Crippen MR) is 113 cm³/mol. The van der Waals surface area contributed by atoms with Crippen LogP contribution in [0.15, 0.2) is 86.5 Å². The van der Waals surface area contributed by atoms with Crippen molar-refractivity contribution in [3.05, 3.63) is 82.3 Å². The van der Waals surface area contributed by atoms with Gasteiger partial charge in [0.2, 0.25) is 19.9 Å². The molecule has 8 heteroatoms. The van der Waals surface area contributed by atoms with Gasteiger partial charge in [0.15, 0.2) is 5.78 Å². The molecule has 0 saturated heterocycles. The number of carbonyl (C=O) groups excluding carboxylic acids is 1. The Morgan fingerprint density at radius 3 is 2.20 bits per heavy atom. The molecule has 0 amide bonds. The Bertz CT molecular complexity index is 1270. The van der Waals surface area contributed by atoms with Crippen LogP contribution in [0.2, 0.25) is 0 Å². The van der Waals surface area contributed by atoms with E-state index in [4.69, 9.17) is 0 Å². The van der Waals surface area contributed by atoms with Crippen LogP contribution in [0, 0.1) is 6.92 Å². The van der Waals surface area contributed by atoms with Crippen LogP contribution < -0.4 is 0 Å². The highest BCUT2D eigenvalue weighted by Crippen LogP contribution is 2.37. The lowest BCUT2D eigenvalue weighted by molar-refractivity contribution is -0.113. The molecule has 0 aromatic heterocycles. The van der Waals surface area contributed by atoms with Crippen molar-refractivity contribution in [3.8, 4) is 0 Å². The molecule has 0 atom stereocenters. The molecule has 0 saturated carbocycles. The second-order valence-corrected chi connectivity index (χ2v) is 11.3. The summed E-state index contributed by atoms with van der Waals surface area (Å²) in [6.45, 7) is 1.87. The number of carbonyl (C=O) groups is 1. The first kappa shape index (κ1) is 20.7. The third-order valence-electron chi connectivity index (χ3n) is 5.38. The molecule has 0 N–H and O–H groups in total. The van der Waals surface area contributed by atoms with Gasteiger partial charge >= 0.3 is 0 Å². The van der Waals surface area contributed by atoms with Crippen LogP contribution in [0.3, 0.4) is 0 Å². The highest BCUT2D eigenvalue weighted by atomic mass is 32.2. The van der Waals surface area contributed by atoms with Gasteiger partial charge in [-0.05, 0) is 54.8 Å². The Balaban J connectivity index is 1.76. The maximum absolute atomic E-state index is 13.3. The van der Waals surface area contributed by atoms with Crippen LogP contribution in [0.5, 0.6) is 0 Å². The standard InChI is InChI=1S/C22H21NO5S2/c1-16-7-9-20(10-8-16)30(27,28)23-12-11-22(21-14-18(24)13-17(21)15-23)29(25,26)19-5-3-2-4-6-19/h2-10,13H,11-12,14-15H2,1H3. The summed E-state index contributed by atoms with van der Waals surface area (Å²) in [5, 5.41) is 0. The summed E-state index contributed by atoms with van der Waals surface area (Å²) < 4.78 is 54.2.